The van der Waals surface area contributed by atoms with Crippen LogP contribution in [0, 0.1) is 6.92 Å². The number of hydrogen-bond donors (Lipinski definition) is 1. The molecule has 0 bridgehead atoms. The minimum atomic E-state index is 1.22. The van der Waals surface area contributed by atoms with E-state index in [1.165, 1.54) is 22.2 Å². The summed E-state index contributed by atoms with van der Waals surface area (Å²) < 4.78 is 2.20. The standard InChI is InChI=1S/C14H16N2/c1-4-15-10-9-13-11(2)12-7-5-6-8-14(12)16(13)3/h4-10,15H,1H2,2-3H3. The van der Waals surface area contributed by atoms with Gasteiger partial charge in [0.1, 0.15) is 0 Å². The zero-order valence-electron chi connectivity index (χ0n) is 9.70. The minimum Gasteiger partial charge on any atom is -0.368 e. The molecule has 0 amide bonds. The minimum absolute atomic E-state index is 1.22. The van der Waals surface area contributed by atoms with E-state index in [0.29, 0.717) is 0 Å². The molecule has 2 heteroatoms. The monoisotopic (exact) mass is 212 g/mol. The third-order valence-corrected chi connectivity index (χ3v) is 2.87. The smallest absolute Gasteiger partial charge is 0.0485 e. The highest BCUT2D eigenvalue weighted by atomic mass is 14.9. The Kier molecular flexibility index (Phi) is 2.82. The van der Waals surface area contributed by atoms with E-state index in [-0.39, 0.29) is 0 Å². The normalized spacial score (nSPS) is 11.1. The number of para-hydroxylation sites is 1. The van der Waals surface area contributed by atoms with Crippen LogP contribution in [0.3, 0.4) is 0 Å². The predicted octanol–water partition coefficient (Wildman–Crippen LogP) is 3.19. The summed E-state index contributed by atoms with van der Waals surface area (Å²) in [4.78, 5) is 0. The molecular weight excluding hydrogens is 196 g/mol. The number of rotatable bonds is 3. The van der Waals surface area contributed by atoms with E-state index in [4.69, 9.17) is 0 Å². The predicted molar refractivity (Wildman–Crippen MR) is 70.0 cm³/mol. The van der Waals surface area contributed by atoms with Crippen molar-refractivity contribution in [3.05, 3.63) is 54.5 Å². The van der Waals surface area contributed by atoms with Gasteiger partial charge in [0.2, 0.25) is 0 Å². The lowest BCUT2D eigenvalue weighted by Crippen LogP contribution is -1.94. The lowest BCUT2D eigenvalue weighted by atomic mass is 10.1. The number of hydrogen-bond acceptors (Lipinski definition) is 1. The van der Waals surface area contributed by atoms with Crippen LogP contribution in [-0.4, -0.2) is 4.57 Å². The summed E-state index contributed by atoms with van der Waals surface area (Å²) in [5.41, 5.74) is 3.79. The molecule has 0 atom stereocenters. The molecule has 0 fully saturated rings. The molecule has 0 aliphatic carbocycles. The summed E-state index contributed by atoms with van der Waals surface area (Å²) in [6.45, 7) is 5.76. The maximum atomic E-state index is 3.61. The first kappa shape index (κ1) is 10.6. The third-order valence-electron chi connectivity index (χ3n) is 2.87. The Labute approximate surface area is 95.9 Å². The number of fused-ring (bicyclic) bond motifs is 1. The molecule has 1 aromatic heterocycles. The molecule has 0 aliphatic heterocycles. The fourth-order valence-corrected chi connectivity index (χ4v) is 2.03. The largest absolute Gasteiger partial charge is 0.368 e. The fraction of sp³-hybridized carbons (Fsp3) is 0.143. The number of aryl methyl sites for hydroxylation is 2. The van der Waals surface area contributed by atoms with Gasteiger partial charge in [-0.3, -0.25) is 0 Å². The molecule has 2 nitrogen and oxygen atoms in total. The Morgan fingerprint density at radius 1 is 1.31 bits per heavy atom. The van der Waals surface area contributed by atoms with E-state index in [1.54, 1.807) is 6.20 Å². The number of nitrogens with one attached hydrogen (secondary N) is 1. The van der Waals surface area contributed by atoms with Gasteiger partial charge in [0.05, 0.1) is 0 Å². The fourth-order valence-electron chi connectivity index (χ4n) is 2.03. The Bertz CT molecular complexity index is 508. The molecule has 0 radical (unpaired) electrons. The van der Waals surface area contributed by atoms with E-state index in [0.717, 1.165) is 0 Å². The molecule has 0 unspecified atom stereocenters. The average Bonchev–Trinajstić information content (AvgIpc) is 2.55. The van der Waals surface area contributed by atoms with Crippen LogP contribution in [-0.2, 0) is 7.05 Å². The average molecular weight is 212 g/mol. The Morgan fingerprint density at radius 2 is 2.06 bits per heavy atom. The highest BCUT2D eigenvalue weighted by Gasteiger charge is 2.07. The Balaban J connectivity index is 2.57. The van der Waals surface area contributed by atoms with Gasteiger partial charge in [0.25, 0.3) is 0 Å². The van der Waals surface area contributed by atoms with Crippen LogP contribution in [0.1, 0.15) is 11.3 Å². The van der Waals surface area contributed by atoms with Gasteiger partial charge in [-0.1, -0.05) is 24.8 Å². The summed E-state index contributed by atoms with van der Waals surface area (Å²) >= 11 is 0. The highest BCUT2D eigenvalue weighted by Crippen LogP contribution is 2.24. The zero-order chi connectivity index (χ0) is 11.5. The molecule has 1 N–H and O–H groups in total. The van der Waals surface area contributed by atoms with Gasteiger partial charge in [0, 0.05) is 29.8 Å². The van der Waals surface area contributed by atoms with Gasteiger partial charge >= 0.3 is 0 Å². The maximum Gasteiger partial charge on any atom is 0.0485 e. The quantitative estimate of drug-likeness (QED) is 0.826. The first-order valence-corrected chi connectivity index (χ1v) is 5.33. The zero-order valence-corrected chi connectivity index (χ0v) is 9.70. The SMILES string of the molecule is C=CNC=Cc1c(C)c2ccccc2n1C. The molecule has 82 valence electrons. The molecule has 2 rings (SSSR count). The highest BCUT2D eigenvalue weighted by molar-refractivity contribution is 5.87. The van der Waals surface area contributed by atoms with Crippen LogP contribution < -0.4 is 5.32 Å². The number of benzene rings is 1. The van der Waals surface area contributed by atoms with Crippen LogP contribution >= 0.6 is 0 Å². The second-order valence-electron chi connectivity index (χ2n) is 3.79. The van der Waals surface area contributed by atoms with Gasteiger partial charge in [-0.25, -0.2) is 0 Å². The second-order valence-corrected chi connectivity index (χ2v) is 3.79. The first-order chi connectivity index (χ1) is 7.75. The van der Waals surface area contributed by atoms with Crippen molar-refractivity contribution in [2.24, 2.45) is 7.05 Å². The topological polar surface area (TPSA) is 17.0 Å². The van der Waals surface area contributed by atoms with Crippen molar-refractivity contribution in [2.75, 3.05) is 0 Å². The summed E-state index contributed by atoms with van der Waals surface area (Å²) in [5, 5.41) is 4.27. The van der Waals surface area contributed by atoms with Gasteiger partial charge < -0.3 is 9.88 Å². The maximum absolute atomic E-state index is 3.61. The molecule has 16 heavy (non-hydrogen) atoms. The molecule has 2 aromatic rings. The van der Waals surface area contributed by atoms with Crippen molar-refractivity contribution < 1.29 is 0 Å². The van der Waals surface area contributed by atoms with E-state index >= 15 is 0 Å². The second kappa shape index (κ2) is 4.27. The molecule has 1 aromatic carbocycles. The third kappa shape index (κ3) is 1.63. The van der Waals surface area contributed by atoms with Crippen LogP contribution in [0.25, 0.3) is 17.0 Å². The lowest BCUT2D eigenvalue weighted by molar-refractivity contribution is 0.947. The molecule has 0 aliphatic rings. The van der Waals surface area contributed by atoms with Crippen molar-refractivity contribution in [3.8, 4) is 0 Å². The van der Waals surface area contributed by atoms with Crippen LogP contribution in [0.2, 0.25) is 0 Å². The van der Waals surface area contributed by atoms with Gasteiger partial charge in [0.15, 0.2) is 0 Å². The van der Waals surface area contributed by atoms with Crippen molar-refractivity contribution in [1.29, 1.82) is 0 Å². The first-order valence-electron chi connectivity index (χ1n) is 5.33. The van der Waals surface area contributed by atoms with Crippen molar-refractivity contribution in [2.45, 2.75) is 6.92 Å². The van der Waals surface area contributed by atoms with Crippen molar-refractivity contribution >= 4 is 17.0 Å². The van der Waals surface area contributed by atoms with Crippen LogP contribution in [0.4, 0.5) is 0 Å². The molecule has 0 saturated heterocycles. The van der Waals surface area contributed by atoms with Gasteiger partial charge in [-0.15, -0.1) is 0 Å². The molecular formula is C14H16N2. The lowest BCUT2D eigenvalue weighted by Gasteiger charge is -1.99. The van der Waals surface area contributed by atoms with Crippen LogP contribution in [0.15, 0.2) is 43.2 Å². The number of aromatic nitrogens is 1. The van der Waals surface area contributed by atoms with E-state index in [2.05, 4.69) is 60.8 Å². The van der Waals surface area contributed by atoms with E-state index < -0.39 is 0 Å². The summed E-state index contributed by atoms with van der Waals surface area (Å²) in [7, 11) is 2.09. The molecule has 1 heterocycles. The van der Waals surface area contributed by atoms with Gasteiger partial charge in [-0.2, -0.15) is 0 Å². The summed E-state index contributed by atoms with van der Waals surface area (Å²) in [6, 6.07) is 8.44. The summed E-state index contributed by atoms with van der Waals surface area (Å²) in [5.74, 6) is 0. The van der Waals surface area contributed by atoms with E-state index in [1.807, 2.05) is 6.20 Å². The summed E-state index contributed by atoms with van der Waals surface area (Å²) in [6.07, 6.45) is 5.62. The van der Waals surface area contributed by atoms with E-state index in [9.17, 15) is 0 Å². The molecule has 0 saturated carbocycles. The van der Waals surface area contributed by atoms with Crippen molar-refractivity contribution in [1.82, 2.24) is 9.88 Å². The molecule has 0 spiro atoms. The van der Waals surface area contributed by atoms with Crippen molar-refractivity contribution in [3.63, 3.8) is 0 Å². The van der Waals surface area contributed by atoms with Crippen LogP contribution in [0.5, 0.6) is 0 Å². The Morgan fingerprint density at radius 3 is 2.75 bits per heavy atom. The van der Waals surface area contributed by atoms with Gasteiger partial charge in [-0.05, 0) is 30.8 Å². The number of nitrogens with zero attached hydrogens (tertiary/aromatic N) is 1. The Hall–Kier alpha value is -1.96.